The number of methoxy groups -OCH3 is 1. The Bertz CT molecular complexity index is 576. The average molecular weight is 274 g/mol. The van der Waals surface area contributed by atoms with Crippen LogP contribution in [0.5, 0.6) is 5.75 Å². The zero-order chi connectivity index (χ0) is 14.7. The first-order chi connectivity index (χ1) is 9.54. The number of nitrogens with zero attached hydrogens (tertiary/aromatic N) is 1. The molecule has 0 aliphatic heterocycles. The van der Waals surface area contributed by atoms with Crippen molar-refractivity contribution in [2.24, 2.45) is 5.73 Å². The number of aryl methyl sites for hydroxylation is 1. The van der Waals surface area contributed by atoms with Crippen molar-refractivity contribution in [2.75, 3.05) is 19.1 Å². The number of hydrogen-bond acceptors (Lipinski definition) is 4. The molecule has 0 bridgehead atoms. The summed E-state index contributed by atoms with van der Waals surface area (Å²) in [4.78, 5) is 2.17. The predicted molar refractivity (Wildman–Crippen MR) is 81.1 cm³/mol. The third kappa shape index (κ3) is 2.80. The van der Waals surface area contributed by atoms with Crippen LogP contribution in [0.1, 0.15) is 29.9 Å². The van der Waals surface area contributed by atoms with Gasteiger partial charge in [0.15, 0.2) is 0 Å². The summed E-state index contributed by atoms with van der Waals surface area (Å²) in [5.74, 6) is 1.77. The monoisotopic (exact) mass is 274 g/mol. The second-order valence-electron chi connectivity index (χ2n) is 5.04. The highest BCUT2D eigenvalue weighted by Gasteiger charge is 2.16. The Labute approximate surface area is 120 Å². The summed E-state index contributed by atoms with van der Waals surface area (Å²) in [5, 5.41) is 0. The molecule has 2 N–H and O–H groups in total. The van der Waals surface area contributed by atoms with Gasteiger partial charge in [-0.15, -0.1) is 0 Å². The lowest BCUT2D eigenvalue weighted by atomic mass is 10.0. The SMILES string of the molecule is COc1cccc(N(C)Cc2ccoc2C)c1[C@@H](C)N. The highest BCUT2D eigenvalue weighted by molar-refractivity contribution is 5.60. The fraction of sp³-hybridized carbons (Fsp3) is 0.375. The molecule has 0 aliphatic rings. The van der Waals surface area contributed by atoms with Crippen LogP contribution in [0, 0.1) is 6.92 Å². The molecule has 1 atom stereocenters. The van der Waals surface area contributed by atoms with Gasteiger partial charge < -0.3 is 19.8 Å². The Morgan fingerprint density at radius 2 is 2.10 bits per heavy atom. The number of ether oxygens (including phenoxy) is 1. The number of rotatable bonds is 5. The first-order valence-corrected chi connectivity index (χ1v) is 6.71. The lowest BCUT2D eigenvalue weighted by Crippen LogP contribution is -2.20. The van der Waals surface area contributed by atoms with Crippen LogP contribution in [0.15, 0.2) is 34.9 Å². The van der Waals surface area contributed by atoms with Crippen molar-refractivity contribution in [1.29, 1.82) is 0 Å². The van der Waals surface area contributed by atoms with Gasteiger partial charge in [0.1, 0.15) is 11.5 Å². The third-order valence-electron chi connectivity index (χ3n) is 3.50. The van der Waals surface area contributed by atoms with E-state index in [1.54, 1.807) is 13.4 Å². The summed E-state index contributed by atoms with van der Waals surface area (Å²) >= 11 is 0. The van der Waals surface area contributed by atoms with Crippen molar-refractivity contribution in [2.45, 2.75) is 26.4 Å². The summed E-state index contributed by atoms with van der Waals surface area (Å²) in [6.07, 6.45) is 1.72. The smallest absolute Gasteiger partial charge is 0.125 e. The van der Waals surface area contributed by atoms with Gasteiger partial charge in [-0.25, -0.2) is 0 Å². The molecule has 0 spiro atoms. The molecule has 0 aliphatic carbocycles. The third-order valence-corrected chi connectivity index (χ3v) is 3.50. The quantitative estimate of drug-likeness (QED) is 0.909. The summed E-state index contributed by atoms with van der Waals surface area (Å²) in [7, 11) is 3.72. The largest absolute Gasteiger partial charge is 0.496 e. The van der Waals surface area contributed by atoms with Gasteiger partial charge >= 0.3 is 0 Å². The van der Waals surface area contributed by atoms with Gasteiger partial charge in [-0.2, -0.15) is 0 Å². The van der Waals surface area contributed by atoms with E-state index >= 15 is 0 Å². The van der Waals surface area contributed by atoms with Crippen LogP contribution in [-0.2, 0) is 6.54 Å². The van der Waals surface area contributed by atoms with Gasteiger partial charge in [0.2, 0.25) is 0 Å². The van der Waals surface area contributed by atoms with Crippen LogP contribution in [0.3, 0.4) is 0 Å². The summed E-state index contributed by atoms with van der Waals surface area (Å²) < 4.78 is 10.8. The maximum absolute atomic E-state index is 6.11. The fourth-order valence-corrected chi connectivity index (χ4v) is 2.42. The van der Waals surface area contributed by atoms with E-state index in [4.69, 9.17) is 14.9 Å². The molecule has 108 valence electrons. The van der Waals surface area contributed by atoms with E-state index in [-0.39, 0.29) is 6.04 Å². The van der Waals surface area contributed by atoms with E-state index in [0.717, 1.165) is 29.3 Å². The maximum atomic E-state index is 6.11. The first-order valence-electron chi connectivity index (χ1n) is 6.71. The zero-order valence-corrected chi connectivity index (χ0v) is 12.5. The Morgan fingerprint density at radius 1 is 1.35 bits per heavy atom. The van der Waals surface area contributed by atoms with Crippen LogP contribution in [0.2, 0.25) is 0 Å². The number of furan rings is 1. The lowest BCUT2D eigenvalue weighted by Gasteiger charge is -2.25. The maximum Gasteiger partial charge on any atom is 0.125 e. The molecule has 0 unspecified atom stereocenters. The summed E-state index contributed by atoms with van der Waals surface area (Å²) in [6.45, 7) is 4.72. The van der Waals surface area contributed by atoms with Gasteiger partial charge in [0.25, 0.3) is 0 Å². The minimum Gasteiger partial charge on any atom is -0.496 e. The molecule has 0 fully saturated rings. The Kier molecular flexibility index (Phi) is 4.35. The van der Waals surface area contributed by atoms with E-state index in [1.165, 1.54) is 5.56 Å². The molecular formula is C16H22N2O2. The Hall–Kier alpha value is -1.94. The fourth-order valence-electron chi connectivity index (χ4n) is 2.42. The van der Waals surface area contributed by atoms with Crippen molar-refractivity contribution in [3.63, 3.8) is 0 Å². The van der Waals surface area contributed by atoms with Gasteiger partial charge in [-0.1, -0.05) is 6.07 Å². The molecule has 1 aromatic carbocycles. The van der Waals surface area contributed by atoms with Crippen molar-refractivity contribution >= 4 is 5.69 Å². The minimum absolute atomic E-state index is 0.0888. The molecular weight excluding hydrogens is 252 g/mol. The minimum atomic E-state index is -0.0888. The second kappa shape index (κ2) is 6.01. The highest BCUT2D eigenvalue weighted by atomic mass is 16.5. The summed E-state index contributed by atoms with van der Waals surface area (Å²) in [6, 6.07) is 7.90. The number of nitrogens with two attached hydrogens (primary N) is 1. The molecule has 2 aromatic rings. The van der Waals surface area contributed by atoms with Gasteiger partial charge in [-0.05, 0) is 32.0 Å². The van der Waals surface area contributed by atoms with Crippen molar-refractivity contribution in [3.05, 3.63) is 47.4 Å². The predicted octanol–water partition coefficient (Wildman–Crippen LogP) is 3.25. The van der Waals surface area contributed by atoms with E-state index < -0.39 is 0 Å². The topological polar surface area (TPSA) is 51.6 Å². The second-order valence-corrected chi connectivity index (χ2v) is 5.04. The Balaban J connectivity index is 2.34. The molecule has 2 rings (SSSR count). The number of benzene rings is 1. The number of hydrogen-bond donors (Lipinski definition) is 1. The van der Waals surface area contributed by atoms with Crippen LogP contribution in [0.25, 0.3) is 0 Å². The molecule has 0 radical (unpaired) electrons. The van der Waals surface area contributed by atoms with E-state index in [2.05, 4.69) is 11.0 Å². The molecule has 1 heterocycles. The highest BCUT2D eigenvalue weighted by Crippen LogP contribution is 2.33. The summed E-state index contributed by atoms with van der Waals surface area (Å²) in [5.41, 5.74) is 9.39. The van der Waals surface area contributed by atoms with Crippen LogP contribution < -0.4 is 15.4 Å². The number of anilines is 1. The molecule has 4 heteroatoms. The molecule has 4 nitrogen and oxygen atoms in total. The molecule has 1 aromatic heterocycles. The van der Waals surface area contributed by atoms with Crippen LogP contribution >= 0.6 is 0 Å². The molecule has 0 saturated heterocycles. The van der Waals surface area contributed by atoms with E-state index in [9.17, 15) is 0 Å². The molecule has 0 amide bonds. The molecule has 0 saturated carbocycles. The van der Waals surface area contributed by atoms with Crippen molar-refractivity contribution in [1.82, 2.24) is 0 Å². The Morgan fingerprint density at radius 3 is 2.65 bits per heavy atom. The van der Waals surface area contributed by atoms with Crippen LogP contribution in [0.4, 0.5) is 5.69 Å². The average Bonchev–Trinajstić information content (AvgIpc) is 2.83. The van der Waals surface area contributed by atoms with Gasteiger partial charge in [0, 0.05) is 36.4 Å². The normalized spacial score (nSPS) is 12.2. The standard InChI is InChI=1S/C16H22N2O2/c1-11(17)16-14(6-5-7-15(16)19-4)18(3)10-13-8-9-20-12(13)2/h5-9,11H,10,17H2,1-4H3/t11-/m1/s1. The van der Waals surface area contributed by atoms with E-state index in [1.807, 2.05) is 39.1 Å². The van der Waals surface area contributed by atoms with E-state index in [0.29, 0.717) is 0 Å². The lowest BCUT2D eigenvalue weighted by molar-refractivity contribution is 0.407. The van der Waals surface area contributed by atoms with Gasteiger partial charge in [0.05, 0.1) is 13.4 Å². The zero-order valence-electron chi connectivity index (χ0n) is 12.5. The van der Waals surface area contributed by atoms with Crippen LogP contribution in [-0.4, -0.2) is 14.2 Å². The van der Waals surface area contributed by atoms with Crippen molar-refractivity contribution < 1.29 is 9.15 Å². The van der Waals surface area contributed by atoms with Crippen molar-refractivity contribution in [3.8, 4) is 5.75 Å². The van der Waals surface area contributed by atoms with Gasteiger partial charge in [-0.3, -0.25) is 0 Å². The molecule has 20 heavy (non-hydrogen) atoms. The first kappa shape index (κ1) is 14.5.